The van der Waals surface area contributed by atoms with E-state index < -0.39 is 23.9 Å². The Morgan fingerprint density at radius 3 is 2.74 bits per heavy atom. The lowest BCUT2D eigenvalue weighted by Crippen LogP contribution is -2.70. The molecule has 3 atom stereocenters. The second kappa shape index (κ2) is 9.64. The van der Waals surface area contributed by atoms with E-state index in [1.54, 1.807) is 49.4 Å². The van der Waals surface area contributed by atoms with Crippen LogP contribution in [0.4, 0.5) is 16.4 Å². The summed E-state index contributed by atoms with van der Waals surface area (Å²) >= 11 is 1.53. The number of nitrogen functional groups attached to an aromatic ring is 1. The van der Waals surface area contributed by atoms with E-state index in [2.05, 4.69) is 15.4 Å². The summed E-state index contributed by atoms with van der Waals surface area (Å²) in [6.07, 6.45) is 4.20. The number of carbonyl (C=O) groups excluding carboxylic acids is 3. The highest BCUT2D eigenvalue weighted by molar-refractivity contribution is 7.10. The van der Waals surface area contributed by atoms with E-state index in [0.29, 0.717) is 18.1 Å². The highest BCUT2D eigenvalue weighted by atomic mass is 32.1. The van der Waals surface area contributed by atoms with Gasteiger partial charge in [-0.3, -0.25) is 24.1 Å². The number of anilines is 2. The number of imide groups is 1. The summed E-state index contributed by atoms with van der Waals surface area (Å²) in [7, 11) is 3.34. The number of rotatable bonds is 7. The number of β-lactam (4-membered cyclic amide) rings is 1. The summed E-state index contributed by atoms with van der Waals surface area (Å²) < 4.78 is 1.58. The number of pyridine rings is 1. The first-order valence-electron chi connectivity index (χ1n) is 10.9. The van der Waals surface area contributed by atoms with E-state index in [4.69, 9.17) is 5.73 Å². The van der Waals surface area contributed by atoms with Crippen LogP contribution in [0.3, 0.4) is 0 Å². The number of carbonyl (C=O) groups is 3. The van der Waals surface area contributed by atoms with Crippen molar-refractivity contribution in [1.82, 2.24) is 25.0 Å². The van der Waals surface area contributed by atoms with Crippen LogP contribution in [0.1, 0.15) is 29.8 Å². The molecule has 0 radical (unpaired) electrons. The standard InChI is InChI=1S/C23H27N7O3S/c1-4-16(17-6-5-11-34-17)26-23(33)30-20(22(32)29(3)19-8-10-28(2)27-19)15(21(30)31)12-14-7-9-25-18(24)13-14/h5-11,13,15-16,20H,4,12H2,1-3H3,(H2,24,25)(H,26,33)/t15-,16?,20+/m1/s1. The zero-order valence-corrected chi connectivity index (χ0v) is 20.0. The van der Waals surface area contributed by atoms with Gasteiger partial charge >= 0.3 is 6.03 Å². The van der Waals surface area contributed by atoms with Crippen LogP contribution in [0.15, 0.2) is 48.1 Å². The average Bonchev–Trinajstić information content (AvgIpc) is 3.50. The monoisotopic (exact) mass is 481 g/mol. The first kappa shape index (κ1) is 23.4. The number of likely N-dealkylation sites (tertiary alicyclic amines) is 1. The van der Waals surface area contributed by atoms with Gasteiger partial charge in [0.25, 0.3) is 5.91 Å². The fraction of sp³-hybridized carbons (Fsp3) is 0.348. The maximum absolute atomic E-state index is 13.5. The number of aryl methyl sites for hydroxylation is 1. The minimum atomic E-state index is -0.963. The fourth-order valence-corrected chi connectivity index (χ4v) is 4.97. The van der Waals surface area contributed by atoms with E-state index in [9.17, 15) is 14.4 Å². The molecule has 0 spiro atoms. The van der Waals surface area contributed by atoms with Crippen molar-refractivity contribution in [2.24, 2.45) is 13.0 Å². The molecule has 178 valence electrons. The first-order valence-corrected chi connectivity index (χ1v) is 11.8. The molecule has 1 saturated heterocycles. The number of thiophene rings is 1. The van der Waals surface area contributed by atoms with Gasteiger partial charge in [-0.1, -0.05) is 13.0 Å². The molecule has 11 heteroatoms. The van der Waals surface area contributed by atoms with Gasteiger partial charge in [-0.2, -0.15) is 5.10 Å². The number of urea groups is 1. The molecule has 10 nitrogen and oxygen atoms in total. The van der Waals surface area contributed by atoms with Crippen LogP contribution in [0, 0.1) is 5.92 Å². The van der Waals surface area contributed by atoms with Crippen LogP contribution in [0.25, 0.3) is 0 Å². The molecular formula is C23H27N7O3S. The minimum absolute atomic E-state index is 0.247. The van der Waals surface area contributed by atoms with Gasteiger partial charge in [0.1, 0.15) is 11.9 Å². The lowest BCUT2D eigenvalue weighted by Gasteiger charge is -2.45. The van der Waals surface area contributed by atoms with Gasteiger partial charge in [-0.05, 0) is 42.0 Å². The van der Waals surface area contributed by atoms with Crippen molar-refractivity contribution in [2.45, 2.75) is 31.8 Å². The Hall–Kier alpha value is -3.73. The molecule has 4 heterocycles. The fourth-order valence-electron chi connectivity index (χ4n) is 4.11. The molecular weight excluding hydrogens is 454 g/mol. The lowest BCUT2D eigenvalue weighted by molar-refractivity contribution is -0.156. The number of nitrogens with zero attached hydrogens (tertiary/aromatic N) is 5. The third-order valence-electron chi connectivity index (χ3n) is 5.95. The number of likely N-dealkylation sites (N-methyl/N-ethyl adjacent to an activating group) is 1. The molecule has 1 aliphatic rings. The Morgan fingerprint density at radius 2 is 2.12 bits per heavy atom. The van der Waals surface area contributed by atoms with E-state index in [1.807, 2.05) is 24.4 Å². The molecule has 4 amide bonds. The van der Waals surface area contributed by atoms with Crippen molar-refractivity contribution in [3.63, 3.8) is 0 Å². The Morgan fingerprint density at radius 1 is 1.32 bits per heavy atom. The number of amides is 4. The normalized spacial score (nSPS) is 18.3. The maximum Gasteiger partial charge on any atom is 0.325 e. The molecule has 3 aromatic rings. The van der Waals surface area contributed by atoms with Gasteiger partial charge in [0.2, 0.25) is 5.91 Å². The van der Waals surface area contributed by atoms with E-state index in [0.717, 1.165) is 15.3 Å². The molecule has 34 heavy (non-hydrogen) atoms. The molecule has 0 bridgehead atoms. The molecule has 3 aromatic heterocycles. The zero-order valence-electron chi connectivity index (χ0n) is 19.2. The van der Waals surface area contributed by atoms with E-state index in [1.165, 1.54) is 16.2 Å². The van der Waals surface area contributed by atoms with Crippen molar-refractivity contribution in [3.8, 4) is 0 Å². The topological polar surface area (TPSA) is 126 Å². The SMILES string of the molecule is CCC(NC(=O)N1C(=O)[C@H](Cc2ccnc(N)c2)[C@H]1C(=O)N(C)c1ccn(C)n1)c1cccs1. The van der Waals surface area contributed by atoms with E-state index >= 15 is 0 Å². The van der Waals surface area contributed by atoms with Crippen LogP contribution in [-0.4, -0.2) is 50.6 Å². The van der Waals surface area contributed by atoms with Gasteiger partial charge in [0.05, 0.1) is 12.0 Å². The highest BCUT2D eigenvalue weighted by Crippen LogP contribution is 2.33. The first-order chi connectivity index (χ1) is 16.3. The van der Waals surface area contributed by atoms with Crippen LogP contribution in [-0.2, 0) is 23.1 Å². The second-order valence-corrected chi connectivity index (χ2v) is 9.20. The molecule has 4 rings (SSSR count). The van der Waals surface area contributed by atoms with Crippen molar-refractivity contribution in [1.29, 1.82) is 0 Å². The molecule has 0 saturated carbocycles. The van der Waals surface area contributed by atoms with Gasteiger partial charge in [0, 0.05) is 37.4 Å². The number of aromatic nitrogens is 3. The van der Waals surface area contributed by atoms with Crippen molar-refractivity contribution >= 4 is 40.8 Å². The Balaban J connectivity index is 1.59. The van der Waals surface area contributed by atoms with E-state index in [-0.39, 0.29) is 18.4 Å². The van der Waals surface area contributed by atoms with Crippen LogP contribution < -0.4 is 16.0 Å². The predicted octanol–water partition coefficient (Wildman–Crippen LogP) is 2.35. The summed E-state index contributed by atoms with van der Waals surface area (Å²) in [5.74, 6) is -0.724. The lowest BCUT2D eigenvalue weighted by atomic mass is 9.81. The zero-order chi connectivity index (χ0) is 24.4. The summed E-state index contributed by atoms with van der Waals surface area (Å²) in [5, 5.41) is 9.12. The van der Waals surface area contributed by atoms with Crippen LogP contribution in [0.2, 0.25) is 0 Å². The average molecular weight is 482 g/mol. The van der Waals surface area contributed by atoms with Gasteiger partial charge in [0.15, 0.2) is 5.82 Å². The molecule has 0 aliphatic carbocycles. The van der Waals surface area contributed by atoms with Gasteiger partial charge in [-0.25, -0.2) is 9.78 Å². The molecule has 1 aliphatic heterocycles. The molecule has 1 unspecified atom stereocenters. The summed E-state index contributed by atoms with van der Waals surface area (Å²) in [6.45, 7) is 1.96. The third-order valence-corrected chi connectivity index (χ3v) is 6.94. The number of hydrogen-bond acceptors (Lipinski definition) is 7. The van der Waals surface area contributed by atoms with Gasteiger partial charge < -0.3 is 11.1 Å². The number of hydrogen-bond donors (Lipinski definition) is 2. The Kier molecular flexibility index (Phi) is 6.64. The Labute approximate surface area is 201 Å². The van der Waals surface area contributed by atoms with Crippen molar-refractivity contribution in [2.75, 3.05) is 17.7 Å². The molecule has 0 aromatic carbocycles. The number of nitrogens with one attached hydrogen (secondary N) is 1. The predicted molar refractivity (Wildman–Crippen MR) is 129 cm³/mol. The van der Waals surface area contributed by atoms with Gasteiger partial charge in [-0.15, -0.1) is 11.3 Å². The molecule has 1 fully saturated rings. The van der Waals surface area contributed by atoms with Crippen molar-refractivity contribution < 1.29 is 14.4 Å². The van der Waals surface area contributed by atoms with Crippen LogP contribution >= 0.6 is 11.3 Å². The Bertz CT molecular complexity index is 1190. The van der Waals surface area contributed by atoms with Crippen molar-refractivity contribution in [3.05, 3.63) is 58.5 Å². The summed E-state index contributed by atoms with van der Waals surface area (Å²) in [6, 6.07) is 7.18. The third kappa shape index (κ3) is 4.51. The number of nitrogens with two attached hydrogens (primary N) is 1. The highest BCUT2D eigenvalue weighted by Gasteiger charge is 2.55. The quantitative estimate of drug-likeness (QED) is 0.499. The smallest absolute Gasteiger partial charge is 0.325 e. The minimum Gasteiger partial charge on any atom is -0.384 e. The second-order valence-electron chi connectivity index (χ2n) is 8.22. The largest absolute Gasteiger partial charge is 0.384 e. The van der Waals surface area contributed by atoms with Crippen LogP contribution in [0.5, 0.6) is 0 Å². The summed E-state index contributed by atoms with van der Waals surface area (Å²) in [5.41, 5.74) is 6.56. The molecule has 3 N–H and O–H groups in total. The maximum atomic E-state index is 13.5. The summed E-state index contributed by atoms with van der Waals surface area (Å²) in [4.78, 5) is 47.3.